The highest BCUT2D eigenvalue weighted by Crippen LogP contribution is 2.58. The Morgan fingerprint density at radius 3 is 2.48 bits per heavy atom. The molecule has 1 fully saturated rings. The quantitative estimate of drug-likeness (QED) is 0.479. The first-order valence-electron chi connectivity index (χ1n) is 10.4. The van der Waals surface area contributed by atoms with E-state index in [2.05, 4.69) is 15.3 Å². The molecule has 1 atom stereocenters. The van der Waals surface area contributed by atoms with Crippen LogP contribution >= 0.6 is 10.6 Å². The Morgan fingerprint density at radius 1 is 1.18 bits per heavy atom. The summed E-state index contributed by atoms with van der Waals surface area (Å²) >= 11 is 0. The predicted molar refractivity (Wildman–Crippen MR) is 124 cm³/mol. The number of hydrogen-bond donors (Lipinski definition) is 3. The first-order valence-corrected chi connectivity index (χ1v) is 12.1. The van der Waals surface area contributed by atoms with Gasteiger partial charge >= 0.3 is 6.18 Å². The lowest BCUT2D eigenvalue weighted by atomic mass is 9.97. The number of nitrogens with zero attached hydrogens (tertiary/aromatic N) is 3. The number of hydrogen-bond acceptors (Lipinski definition) is 6. The van der Waals surface area contributed by atoms with E-state index in [1.54, 1.807) is 20.9 Å². The molecule has 0 saturated carbocycles. The standard InChI is InChI=1S/C22H25F3N4O3S/c1-21(2)16(5-4-10-33(21,31)32)28-19-17-18(27-12-29(3)20(17)30)15(11-26-19)13-6-8-14(9-7-13)22(23,24)25/h6-9,11-12,16,31-32H,4-5,10H2,1-3H3,(H,26,28). The lowest BCUT2D eigenvalue weighted by molar-refractivity contribution is -0.137. The molecule has 1 aliphatic heterocycles. The molecule has 33 heavy (non-hydrogen) atoms. The molecular formula is C22H25F3N4O3S. The number of fused-ring (bicyclic) bond motifs is 1. The smallest absolute Gasteiger partial charge is 0.364 e. The van der Waals surface area contributed by atoms with E-state index in [9.17, 15) is 27.1 Å². The van der Waals surface area contributed by atoms with E-state index in [1.165, 1.54) is 29.2 Å². The number of pyridine rings is 1. The molecule has 1 aliphatic rings. The first-order chi connectivity index (χ1) is 15.3. The second-order valence-electron chi connectivity index (χ2n) is 8.79. The van der Waals surface area contributed by atoms with Crippen LogP contribution in [-0.2, 0) is 13.2 Å². The number of aryl methyl sites for hydroxylation is 1. The maximum atomic E-state index is 13.0. The fraction of sp³-hybridized carbons (Fsp3) is 0.409. The van der Waals surface area contributed by atoms with E-state index in [1.807, 2.05) is 0 Å². The SMILES string of the molecule is Cn1cnc2c(-c3ccc(C(F)(F)F)cc3)cnc(NC3CCCS(O)(O)C3(C)C)c2c1=O. The van der Waals surface area contributed by atoms with Crippen LogP contribution in [0.25, 0.3) is 22.0 Å². The Bertz CT molecular complexity index is 1260. The molecule has 0 spiro atoms. The Hall–Kier alpha value is -2.63. The van der Waals surface area contributed by atoms with Crippen LogP contribution in [0.4, 0.5) is 19.0 Å². The van der Waals surface area contributed by atoms with Crippen molar-refractivity contribution in [1.29, 1.82) is 0 Å². The molecule has 11 heteroatoms. The number of aromatic nitrogens is 3. The van der Waals surface area contributed by atoms with Crippen LogP contribution in [0, 0.1) is 0 Å². The van der Waals surface area contributed by atoms with Crippen molar-refractivity contribution in [3.8, 4) is 11.1 Å². The van der Waals surface area contributed by atoms with Crippen LogP contribution in [0.5, 0.6) is 0 Å². The van der Waals surface area contributed by atoms with Crippen molar-refractivity contribution in [2.24, 2.45) is 7.05 Å². The van der Waals surface area contributed by atoms with E-state index in [0.717, 1.165) is 12.1 Å². The third-order valence-corrected chi connectivity index (χ3v) is 9.21. The Labute approximate surface area is 190 Å². The number of nitrogens with one attached hydrogen (secondary N) is 1. The van der Waals surface area contributed by atoms with Gasteiger partial charge in [0, 0.05) is 24.6 Å². The monoisotopic (exact) mass is 482 g/mol. The van der Waals surface area contributed by atoms with Gasteiger partial charge in [-0.25, -0.2) is 9.97 Å². The van der Waals surface area contributed by atoms with Crippen LogP contribution in [0.15, 0.2) is 41.6 Å². The van der Waals surface area contributed by atoms with Crippen molar-refractivity contribution in [2.45, 2.75) is 43.7 Å². The molecule has 3 N–H and O–H groups in total. The van der Waals surface area contributed by atoms with Gasteiger partial charge in [-0.1, -0.05) is 12.1 Å². The number of anilines is 1. The van der Waals surface area contributed by atoms with E-state index < -0.39 is 27.1 Å². The largest absolute Gasteiger partial charge is 0.416 e. The summed E-state index contributed by atoms with van der Waals surface area (Å²) in [6, 6.07) is 4.25. The van der Waals surface area contributed by atoms with Crippen LogP contribution in [-0.4, -0.2) is 40.2 Å². The zero-order chi connectivity index (χ0) is 24.2. The minimum absolute atomic E-state index is 0.190. The second-order valence-corrected chi connectivity index (χ2v) is 11.6. The highest BCUT2D eigenvalue weighted by atomic mass is 32.3. The van der Waals surface area contributed by atoms with Gasteiger partial charge in [-0.2, -0.15) is 23.8 Å². The van der Waals surface area contributed by atoms with Crippen molar-refractivity contribution >= 4 is 27.3 Å². The molecule has 1 saturated heterocycles. The van der Waals surface area contributed by atoms with Gasteiger partial charge in [-0.05, 0) is 44.4 Å². The molecule has 7 nitrogen and oxygen atoms in total. The van der Waals surface area contributed by atoms with Crippen LogP contribution < -0.4 is 10.9 Å². The van der Waals surface area contributed by atoms with E-state index in [0.29, 0.717) is 35.2 Å². The summed E-state index contributed by atoms with van der Waals surface area (Å²) in [6.45, 7) is 3.54. The third-order valence-electron chi connectivity index (χ3n) is 6.38. The van der Waals surface area contributed by atoms with Gasteiger partial charge in [0.2, 0.25) is 0 Å². The highest BCUT2D eigenvalue weighted by Gasteiger charge is 2.44. The average molecular weight is 483 g/mol. The van der Waals surface area contributed by atoms with Crippen molar-refractivity contribution in [1.82, 2.24) is 14.5 Å². The second kappa shape index (κ2) is 8.00. The molecule has 0 radical (unpaired) electrons. The number of benzene rings is 1. The summed E-state index contributed by atoms with van der Waals surface area (Å²) in [5.41, 5.74) is 0.0258. The Morgan fingerprint density at radius 2 is 1.85 bits per heavy atom. The maximum Gasteiger partial charge on any atom is 0.416 e. The molecule has 3 heterocycles. The summed E-state index contributed by atoms with van der Waals surface area (Å²) < 4.78 is 60.4. The minimum atomic E-state index is -4.45. The Kier molecular flexibility index (Phi) is 5.70. The van der Waals surface area contributed by atoms with Crippen molar-refractivity contribution in [3.63, 3.8) is 0 Å². The van der Waals surface area contributed by atoms with E-state index in [4.69, 9.17) is 0 Å². The molecule has 2 aromatic heterocycles. The zero-order valence-corrected chi connectivity index (χ0v) is 19.2. The third kappa shape index (κ3) is 4.09. The lowest BCUT2D eigenvalue weighted by Gasteiger charge is -2.54. The van der Waals surface area contributed by atoms with Crippen molar-refractivity contribution in [2.75, 3.05) is 11.1 Å². The molecular weight excluding hydrogens is 457 g/mol. The Balaban J connectivity index is 1.82. The fourth-order valence-electron chi connectivity index (χ4n) is 4.11. The minimum Gasteiger partial charge on any atom is -0.364 e. The van der Waals surface area contributed by atoms with Gasteiger partial charge in [0.1, 0.15) is 11.2 Å². The van der Waals surface area contributed by atoms with Crippen LogP contribution in [0.2, 0.25) is 0 Å². The first kappa shape index (κ1) is 23.5. The molecule has 4 rings (SSSR count). The van der Waals surface area contributed by atoms with Gasteiger partial charge in [0.05, 0.1) is 28.2 Å². The van der Waals surface area contributed by atoms with E-state index >= 15 is 0 Å². The van der Waals surface area contributed by atoms with Gasteiger partial charge in [-0.15, -0.1) is 0 Å². The molecule has 0 amide bonds. The molecule has 178 valence electrons. The predicted octanol–water partition coefficient (Wildman–Crippen LogP) is 5.12. The normalized spacial score (nSPS) is 21.0. The van der Waals surface area contributed by atoms with Gasteiger partial charge in [0.15, 0.2) is 0 Å². The highest BCUT2D eigenvalue weighted by molar-refractivity contribution is 8.25. The van der Waals surface area contributed by atoms with Crippen molar-refractivity contribution in [3.05, 3.63) is 52.7 Å². The fourth-order valence-corrected chi connectivity index (χ4v) is 5.84. The summed E-state index contributed by atoms with van der Waals surface area (Å²) in [5.74, 6) is 0.576. The molecule has 3 aromatic rings. The van der Waals surface area contributed by atoms with Gasteiger partial charge < -0.3 is 9.88 Å². The number of halogens is 3. The van der Waals surface area contributed by atoms with E-state index in [-0.39, 0.29) is 22.8 Å². The average Bonchev–Trinajstić information content (AvgIpc) is 2.74. The molecule has 0 aliphatic carbocycles. The summed E-state index contributed by atoms with van der Waals surface area (Å²) in [5, 5.41) is 3.42. The van der Waals surface area contributed by atoms with Crippen molar-refractivity contribution < 1.29 is 22.3 Å². The van der Waals surface area contributed by atoms with Crippen LogP contribution in [0.1, 0.15) is 32.3 Å². The topological polar surface area (TPSA) is 100 Å². The number of rotatable bonds is 3. The molecule has 0 bridgehead atoms. The van der Waals surface area contributed by atoms with Crippen LogP contribution in [0.3, 0.4) is 0 Å². The van der Waals surface area contributed by atoms with Gasteiger partial charge in [0.25, 0.3) is 5.56 Å². The zero-order valence-electron chi connectivity index (χ0n) is 18.3. The molecule has 1 aromatic carbocycles. The maximum absolute atomic E-state index is 13.0. The summed E-state index contributed by atoms with van der Waals surface area (Å²) in [4.78, 5) is 21.8. The van der Waals surface area contributed by atoms with Gasteiger partial charge in [-0.3, -0.25) is 13.9 Å². The lowest BCUT2D eigenvalue weighted by Crippen LogP contribution is -2.49. The summed E-state index contributed by atoms with van der Waals surface area (Å²) in [7, 11) is -1.30. The number of alkyl halides is 3. The summed E-state index contributed by atoms with van der Waals surface area (Å²) in [6.07, 6.45) is -0.366. The molecule has 1 unspecified atom stereocenters.